The fraction of sp³-hybridized carbons (Fsp3) is 0.462. The molecule has 0 radical (unpaired) electrons. The number of hydrogen-bond acceptors (Lipinski definition) is 5. The van der Waals surface area contributed by atoms with Gasteiger partial charge in [0.05, 0.1) is 12.2 Å². The second kappa shape index (κ2) is 6.71. The zero-order valence-electron chi connectivity index (χ0n) is 11.9. The van der Waals surface area contributed by atoms with Crippen LogP contribution in [0.15, 0.2) is 30.3 Å². The Balaban J connectivity index is 2.11. The fourth-order valence-electron chi connectivity index (χ4n) is 1.92. The van der Waals surface area contributed by atoms with Crippen LogP contribution in [0.5, 0.6) is 0 Å². The molecule has 20 heavy (non-hydrogen) atoms. The molecule has 0 spiro atoms. The van der Waals surface area contributed by atoms with Crippen LogP contribution in [-0.2, 0) is 17.3 Å². The van der Waals surface area contributed by atoms with Gasteiger partial charge in [-0.1, -0.05) is 18.2 Å². The van der Waals surface area contributed by atoms with Gasteiger partial charge in [0.25, 0.3) is 0 Å². The molecule has 6 nitrogen and oxygen atoms in total. The smallest absolute Gasteiger partial charge is 0.170 e. The molecule has 2 atom stereocenters. The number of tetrazole rings is 1. The van der Waals surface area contributed by atoms with Crippen LogP contribution >= 0.6 is 0 Å². The van der Waals surface area contributed by atoms with Crippen molar-refractivity contribution in [3.8, 4) is 5.69 Å². The second-order valence-corrected chi connectivity index (χ2v) is 6.33. The second-order valence-electron chi connectivity index (χ2n) is 4.85. The Morgan fingerprint density at radius 3 is 2.70 bits per heavy atom. The molecule has 108 valence electrons. The van der Waals surface area contributed by atoms with E-state index in [1.54, 1.807) is 10.9 Å². The molecule has 2 rings (SSSR count). The zero-order chi connectivity index (χ0) is 14.5. The molecule has 1 heterocycles. The van der Waals surface area contributed by atoms with Crippen LogP contribution in [0.4, 0.5) is 0 Å². The van der Waals surface area contributed by atoms with Crippen molar-refractivity contribution in [3.05, 3.63) is 36.2 Å². The van der Waals surface area contributed by atoms with E-state index in [2.05, 4.69) is 27.3 Å². The van der Waals surface area contributed by atoms with Crippen molar-refractivity contribution in [2.75, 3.05) is 19.1 Å². The fourth-order valence-corrected chi connectivity index (χ4v) is 2.85. The van der Waals surface area contributed by atoms with Gasteiger partial charge in [0, 0.05) is 28.9 Å². The first-order valence-corrected chi connectivity index (χ1v) is 8.13. The summed E-state index contributed by atoms with van der Waals surface area (Å²) in [7, 11) is 1.18. The third-order valence-corrected chi connectivity index (χ3v) is 4.11. The minimum Gasteiger partial charge on any atom is -0.295 e. The summed E-state index contributed by atoms with van der Waals surface area (Å²) in [4.78, 5) is 2.10. The van der Waals surface area contributed by atoms with Crippen LogP contribution in [0.1, 0.15) is 12.7 Å². The van der Waals surface area contributed by atoms with E-state index < -0.39 is 10.8 Å². The summed E-state index contributed by atoms with van der Waals surface area (Å²) in [6.45, 7) is 2.66. The Labute approximate surface area is 121 Å². The Hall–Kier alpha value is -1.60. The highest BCUT2D eigenvalue weighted by Gasteiger charge is 2.15. The Bertz CT molecular complexity index is 571. The summed E-state index contributed by atoms with van der Waals surface area (Å²) < 4.78 is 13.0. The number of rotatable bonds is 6. The van der Waals surface area contributed by atoms with E-state index in [-0.39, 0.29) is 6.04 Å². The Morgan fingerprint density at radius 2 is 2.05 bits per heavy atom. The molecule has 7 heteroatoms. The van der Waals surface area contributed by atoms with Crippen LogP contribution in [0.2, 0.25) is 0 Å². The molecule has 2 aromatic rings. The number of para-hydroxylation sites is 1. The molecule has 0 saturated heterocycles. The highest BCUT2D eigenvalue weighted by Crippen LogP contribution is 2.10. The van der Waals surface area contributed by atoms with E-state index in [1.165, 1.54) is 0 Å². The summed E-state index contributed by atoms with van der Waals surface area (Å²) >= 11 is 0. The average molecular weight is 293 g/mol. The van der Waals surface area contributed by atoms with Gasteiger partial charge in [-0.15, -0.1) is 5.10 Å². The molecule has 0 saturated carbocycles. The molecule has 1 aromatic carbocycles. The maximum Gasteiger partial charge on any atom is 0.170 e. The van der Waals surface area contributed by atoms with Crippen LogP contribution in [0.25, 0.3) is 5.69 Å². The number of hydrogen-bond donors (Lipinski definition) is 0. The quantitative estimate of drug-likeness (QED) is 0.790. The van der Waals surface area contributed by atoms with E-state index in [1.807, 2.05) is 37.4 Å². The standard InChI is InChI=1S/C13H19N5OS/c1-11(10-20(3)19)17(2)9-13-14-15-16-18(13)12-7-5-4-6-8-12/h4-8,11H,9-10H2,1-3H3. The maximum atomic E-state index is 11.3. The highest BCUT2D eigenvalue weighted by atomic mass is 32.2. The summed E-state index contributed by atoms with van der Waals surface area (Å²) in [5, 5.41) is 11.9. The van der Waals surface area contributed by atoms with E-state index in [0.717, 1.165) is 11.5 Å². The molecule has 1 aromatic heterocycles. The molecule has 2 unspecified atom stereocenters. The van der Waals surface area contributed by atoms with Gasteiger partial charge in [-0.3, -0.25) is 9.11 Å². The van der Waals surface area contributed by atoms with Crippen molar-refractivity contribution < 1.29 is 4.21 Å². The lowest BCUT2D eigenvalue weighted by molar-refractivity contribution is 0.260. The largest absolute Gasteiger partial charge is 0.295 e. The van der Waals surface area contributed by atoms with Crippen molar-refractivity contribution in [2.45, 2.75) is 19.5 Å². The maximum absolute atomic E-state index is 11.3. The predicted octanol–water partition coefficient (Wildman–Crippen LogP) is 0.861. The van der Waals surface area contributed by atoms with Gasteiger partial charge in [-0.2, -0.15) is 4.68 Å². The molecule has 0 fully saturated rings. The average Bonchev–Trinajstić information content (AvgIpc) is 2.87. The lowest BCUT2D eigenvalue weighted by Gasteiger charge is -2.23. The summed E-state index contributed by atoms with van der Waals surface area (Å²) in [5.41, 5.74) is 0.938. The third-order valence-electron chi connectivity index (χ3n) is 3.15. The van der Waals surface area contributed by atoms with Crippen LogP contribution in [0.3, 0.4) is 0 Å². The van der Waals surface area contributed by atoms with E-state index in [4.69, 9.17) is 0 Å². The van der Waals surface area contributed by atoms with Crippen LogP contribution in [0, 0.1) is 0 Å². The predicted molar refractivity (Wildman–Crippen MR) is 79.0 cm³/mol. The van der Waals surface area contributed by atoms with Gasteiger partial charge >= 0.3 is 0 Å². The van der Waals surface area contributed by atoms with Crippen LogP contribution in [-0.4, -0.2) is 54.4 Å². The molecule has 0 aliphatic carbocycles. The molecule has 0 amide bonds. The molecular weight excluding hydrogens is 274 g/mol. The van der Waals surface area contributed by atoms with Gasteiger partial charge in [0.15, 0.2) is 5.82 Å². The van der Waals surface area contributed by atoms with Crippen molar-refractivity contribution in [2.24, 2.45) is 0 Å². The van der Waals surface area contributed by atoms with Crippen molar-refractivity contribution in [1.82, 2.24) is 25.1 Å². The first-order chi connectivity index (χ1) is 9.58. The summed E-state index contributed by atoms with van der Waals surface area (Å²) in [6.07, 6.45) is 1.72. The SMILES string of the molecule is CC(CS(C)=O)N(C)Cc1nnnn1-c1ccccc1. The van der Waals surface area contributed by atoms with Gasteiger partial charge in [-0.05, 0) is 36.5 Å². The molecule has 0 N–H and O–H groups in total. The van der Waals surface area contributed by atoms with Gasteiger partial charge in [0.2, 0.25) is 0 Å². The number of nitrogens with zero attached hydrogens (tertiary/aromatic N) is 5. The third kappa shape index (κ3) is 3.71. The first-order valence-electron chi connectivity index (χ1n) is 6.41. The van der Waals surface area contributed by atoms with Crippen molar-refractivity contribution >= 4 is 10.8 Å². The minimum absolute atomic E-state index is 0.210. The van der Waals surface area contributed by atoms with E-state index >= 15 is 0 Å². The van der Waals surface area contributed by atoms with Crippen molar-refractivity contribution in [1.29, 1.82) is 0 Å². The van der Waals surface area contributed by atoms with Crippen molar-refractivity contribution in [3.63, 3.8) is 0 Å². The van der Waals surface area contributed by atoms with Gasteiger partial charge < -0.3 is 0 Å². The number of benzene rings is 1. The lowest BCUT2D eigenvalue weighted by Crippen LogP contribution is -2.33. The number of aromatic nitrogens is 4. The first kappa shape index (κ1) is 14.8. The van der Waals surface area contributed by atoms with E-state index in [9.17, 15) is 4.21 Å². The minimum atomic E-state index is -0.806. The highest BCUT2D eigenvalue weighted by molar-refractivity contribution is 7.84. The topological polar surface area (TPSA) is 63.9 Å². The normalized spacial score (nSPS) is 14.4. The monoisotopic (exact) mass is 293 g/mol. The van der Waals surface area contributed by atoms with Gasteiger partial charge in [-0.25, -0.2) is 0 Å². The molecule has 0 aliphatic rings. The Morgan fingerprint density at radius 1 is 1.35 bits per heavy atom. The van der Waals surface area contributed by atoms with Gasteiger partial charge in [0.1, 0.15) is 0 Å². The Kier molecular flexibility index (Phi) is 4.97. The lowest BCUT2D eigenvalue weighted by atomic mass is 10.3. The zero-order valence-corrected chi connectivity index (χ0v) is 12.7. The van der Waals surface area contributed by atoms with Crippen LogP contribution < -0.4 is 0 Å². The molecule has 0 aliphatic heterocycles. The van der Waals surface area contributed by atoms with E-state index in [0.29, 0.717) is 12.3 Å². The summed E-state index contributed by atoms with van der Waals surface area (Å²) in [6, 6.07) is 10.00. The summed E-state index contributed by atoms with van der Waals surface area (Å²) in [5.74, 6) is 1.41. The molecular formula is C13H19N5OS. The molecule has 0 bridgehead atoms.